The van der Waals surface area contributed by atoms with E-state index in [1.165, 1.54) is 0 Å². The van der Waals surface area contributed by atoms with Crippen LogP contribution in [0.25, 0.3) is 0 Å². The maximum Gasteiger partial charge on any atom is 0.125 e. The van der Waals surface area contributed by atoms with E-state index in [9.17, 15) is 0 Å². The summed E-state index contributed by atoms with van der Waals surface area (Å²) >= 11 is 0. The van der Waals surface area contributed by atoms with Crippen LogP contribution in [0, 0.1) is 6.92 Å². The van der Waals surface area contributed by atoms with Gasteiger partial charge in [0, 0.05) is 5.56 Å². The smallest absolute Gasteiger partial charge is 0.125 e. The van der Waals surface area contributed by atoms with Crippen LogP contribution in [-0.4, -0.2) is 14.2 Å². The Morgan fingerprint density at radius 3 is 2.50 bits per heavy atom. The number of benzene rings is 1. The van der Waals surface area contributed by atoms with Gasteiger partial charge in [-0.25, -0.2) is 0 Å². The molecule has 0 saturated heterocycles. The van der Waals surface area contributed by atoms with Crippen molar-refractivity contribution in [2.45, 2.75) is 13.3 Å². The molecule has 2 heteroatoms. The van der Waals surface area contributed by atoms with Gasteiger partial charge in [-0.1, -0.05) is 6.08 Å². The molecule has 2 nitrogen and oxygen atoms in total. The fourth-order valence-corrected chi connectivity index (χ4v) is 1.53. The third-order valence-corrected chi connectivity index (χ3v) is 2.13. The van der Waals surface area contributed by atoms with Crippen LogP contribution in [0.2, 0.25) is 0 Å². The third-order valence-electron chi connectivity index (χ3n) is 2.13. The van der Waals surface area contributed by atoms with Crippen LogP contribution in [-0.2, 0) is 6.42 Å². The molecule has 1 aromatic rings. The van der Waals surface area contributed by atoms with Crippen molar-refractivity contribution in [3.05, 3.63) is 35.9 Å². The van der Waals surface area contributed by atoms with Gasteiger partial charge in [-0.2, -0.15) is 0 Å². The summed E-state index contributed by atoms with van der Waals surface area (Å²) in [5.41, 5.74) is 2.20. The molecule has 0 amide bonds. The lowest BCUT2D eigenvalue weighted by molar-refractivity contribution is 0.397. The Labute approximate surface area is 85.2 Å². The molecule has 0 aliphatic carbocycles. The number of hydrogen-bond donors (Lipinski definition) is 0. The Balaban J connectivity index is 3.20. The van der Waals surface area contributed by atoms with Crippen LogP contribution in [0.4, 0.5) is 0 Å². The minimum atomic E-state index is 0.793. The van der Waals surface area contributed by atoms with Crippen molar-refractivity contribution in [2.75, 3.05) is 14.2 Å². The molecule has 0 saturated carbocycles. The van der Waals surface area contributed by atoms with Gasteiger partial charge < -0.3 is 9.47 Å². The van der Waals surface area contributed by atoms with Crippen molar-refractivity contribution < 1.29 is 9.47 Å². The summed E-state index contributed by atoms with van der Waals surface area (Å²) in [6.07, 6.45) is 2.65. The monoisotopic (exact) mass is 192 g/mol. The quantitative estimate of drug-likeness (QED) is 0.683. The van der Waals surface area contributed by atoms with Gasteiger partial charge >= 0.3 is 0 Å². The molecule has 0 atom stereocenters. The zero-order valence-electron chi connectivity index (χ0n) is 8.96. The molecular formula is C12H16O2. The molecule has 0 unspecified atom stereocenters. The Bertz CT molecular complexity index is 329. The van der Waals surface area contributed by atoms with E-state index < -0.39 is 0 Å². The molecule has 0 radical (unpaired) electrons. The summed E-state index contributed by atoms with van der Waals surface area (Å²) in [7, 11) is 3.35. The van der Waals surface area contributed by atoms with Crippen LogP contribution in [0.1, 0.15) is 11.1 Å². The lowest BCUT2D eigenvalue weighted by atomic mass is 10.1. The Morgan fingerprint density at radius 1 is 1.29 bits per heavy atom. The van der Waals surface area contributed by atoms with Gasteiger partial charge in [0.1, 0.15) is 11.5 Å². The second-order valence-corrected chi connectivity index (χ2v) is 3.13. The average molecular weight is 192 g/mol. The van der Waals surface area contributed by atoms with E-state index in [1.54, 1.807) is 14.2 Å². The van der Waals surface area contributed by atoms with Crippen LogP contribution in [0.3, 0.4) is 0 Å². The minimum absolute atomic E-state index is 0.793. The Kier molecular flexibility index (Phi) is 3.57. The Morgan fingerprint density at radius 2 is 2.00 bits per heavy atom. The van der Waals surface area contributed by atoms with Crippen molar-refractivity contribution in [3.8, 4) is 11.5 Å². The molecule has 0 aliphatic rings. The maximum atomic E-state index is 5.32. The van der Waals surface area contributed by atoms with Gasteiger partial charge in [-0.15, -0.1) is 6.58 Å². The number of allylic oxidation sites excluding steroid dienone is 1. The number of methoxy groups -OCH3 is 2. The van der Waals surface area contributed by atoms with E-state index in [0.717, 1.165) is 29.0 Å². The summed E-state index contributed by atoms with van der Waals surface area (Å²) in [5.74, 6) is 1.78. The SMILES string of the molecule is C=CCc1cc(OC)cc(C)c1OC. The van der Waals surface area contributed by atoms with Gasteiger partial charge in [0.2, 0.25) is 0 Å². The molecule has 0 heterocycles. The van der Waals surface area contributed by atoms with E-state index in [-0.39, 0.29) is 0 Å². The van der Waals surface area contributed by atoms with Crippen molar-refractivity contribution in [1.29, 1.82) is 0 Å². The highest BCUT2D eigenvalue weighted by atomic mass is 16.5. The molecule has 1 aromatic carbocycles. The predicted octanol–water partition coefficient (Wildman–Crippen LogP) is 2.74. The van der Waals surface area contributed by atoms with Gasteiger partial charge in [-0.05, 0) is 31.0 Å². The highest BCUT2D eigenvalue weighted by Gasteiger charge is 2.07. The van der Waals surface area contributed by atoms with Crippen molar-refractivity contribution in [2.24, 2.45) is 0 Å². The van der Waals surface area contributed by atoms with Gasteiger partial charge in [0.25, 0.3) is 0 Å². The molecule has 0 spiro atoms. The summed E-state index contributed by atoms with van der Waals surface area (Å²) in [6.45, 7) is 5.73. The number of hydrogen-bond acceptors (Lipinski definition) is 2. The molecule has 76 valence electrons. The highest BCUT2D eigenvalue weighted by Crippen LogP contribution is 2.29. The van der Waals surface area contributed by atoms with Crippen LogP contribution in [0.5, 0.6) is 11.5 Å². The summed E-state index contributed by atoms with van der Waals surface area (Å²) in [4.78, 5) is 0. The Hall–Kier alpha value is -1.44. The van der Waals surface area contributed by atoms with Gasteiger partial charge in [0.15, 0.2) is 0 Å². The number of aryl methyl sites for hydroxylation is 1. The number of ether oxygens (including phenoxy) is 2. The van der Waals surface area contributed by atoms with Crippen LogP contribution in [0.15, 0.2) is 24.8 Å². The zero-order valence-corrected chi connectivity index (χ0v) is 8.96. The van der Waals surface area contributed by atoms with Crippen LogP contribution >= 0.6 is 0 Å². The molecule has 0 aliphatic heterocycles. The first kappa shape index (κ1) is 10.6. The number of rotatable bonds is 4. The second kappa shape index (κ2) is 4.70. The standard InChI is InChI=1S/C12H16O2/c1-5-6-10-8-11(13-3)7-9(2)12(10)14-4/h5,7-8H,1,6H2,2-4H3. The van der Waals surface area contributed by atoms with Crippen molar-refractivity contribution in [3.63, 3.8) is 0 Å². The largest absolute Gasteiger partial charge is 0.497 e. The van der Waals surface area contributed by atoms with Gasteiger partial charge in [0.05, 0.1) is 14.2 Å². The summed E-state index contributed by atoms with van der Waals surface area (Å²) in [6, 6.07) is 3.94. The van der Waals surface area contributed by atoms with E-state index >= 15 is 0 Å². The molecule has 0 bridgehead atoms. The fourth-order valence-electron chi connectivity index (χ4n) is 1.53. The summed E-state index contributed by atoms with van der Waals surface area (Å²) < 4.78 is 10.5. The molecular weight excluding hydrogens is 176 g/mol. The predicted molar refractivity (Wildman–Crippen MR) is 58.2 cm³/mol. The average Bonchev–Trinajstić information content (AvgIpc) is 2.18. The topological polar surface area (TPSA) is 18.5 Å². The molecule has 0 aromatic heterocycles. The molecule has 0 N–H and O–H groups in total. The first-order valence-corrected chi connectivity index (χ1v) is 4.55. The highest BCUT2D eigenvalue weighted by molar-refractivity contribution is 5.47. The fraction of sp³-hybridized carbons (Fsp3) is 0.333. The van der Waals surface area contributed by atoms with E-state index in [2.05, 4.69) is 6.58 Å². The van der Waals surface area contributed by atoms with Gasteiger partial charge in [-0.3, -0.25) is 0 Å². The second-order valence-electron chi connectivity index (χ2n) is 3.13. The van der Waals surface area contributed by atoms with Crippen LogP contribution < -0.4 is 9.47 Å². The zero-order chi connectivity index (χ0) is 10.6. The molecule has 0 fully saturated rings. The molecule has 14 heavy (non-hydrogen) atoms. The minimum Gasteiger partial charge on any atom is -0.497 e. The van der Waals surface area contributed by atoms with Crippen molar-refractivity contribution >= 4 is 0 Å². The summed E-state index contributed by atoms with van der Waals surface area (Å²) in [5, 5.41) is 0. The third kappa shape index (κ3) is 2.08. The lowest BCUT2D eigenvalue weighted by Crippen LogP contribution is -1.95. The van der Waals surface area contributed by atoms with E-state index in [1.807, 2.05) is 25.1 Å². The first-order chi connectivity index (χ1) is 6.72. The van der Waals surface area contributed by atoms with Crippen molar-refractivity contribution in [1.82, 2.24) is 0 Å². The first-order valence-electron chi connectivity index (χ1n) is 4.55. The maximum absolute atomic E-state index is 5.32. The lowest BCUT2D eigenvalue weighted by Gasteiger charge is -2.12. The van der Waals surface area contributed by atoms with E-state index in [4.69, 9.17) is 9.47 Å². The molecule has 1 rings (SSSR count). The van der Waals surface area contributed by atoms with E-state index in [0.29, 0.717) is 0 Å². The normalized spacial score (nSPS) is 9.64.